The topological polar surface area (TPSA) is 25.2 Å². The summed E-state index contributed by atoms with van der Waals surface area (Å²) in [5, 5.41) is 0.712. The Morgan fingerprint density at radius 1 is 1.23 bits per heavy atom. The zero-order valence-corrected chi connectivity index (χ0v) is 14.4. The van der Waals surface area contributed by atoms with Crippen LogP contribution in [0.15, 0.2) is 30.3 Å². The minimum Gasteiger partial charge on any atom is -0.318 e. The van der Waals surface area contributed by atoms with E-state index in [1.165, 1.54) is 0 Å². The van der Waals surface area contributed by atoms with E-state index in [0.717, 1.165) is 35.6 Å². The molecule has 0 saturated carbocycles. The summed E-state index contributed by atoms with van der Waals surface area (Å²) in [6.07, 6.45) is 1.05. The van der Waals surface area contributed by atoms with Crippen LogP contribution < -0.4 is 0 Å². The third-order valence-corrected chi connectivity index (χ3v) is 4.09. The van der Waals surface area contributed by atoms with Gasteiger partial charge in [-0.1, -0.05) is 18.5 Å². The molecule has 1 aromatic heterocycles. The number of benzene rings is 1. The maximum atomic E-state index is 12.5. The van der Waals surface area contributed by atoms with Crippen LogP contribution in [-0.4, -0.2) is 35.4 Å². The molecule has 22 heavy (non-hydrogen) atoms. The molecular formula is C18H23ClN2O. The fourth-order valence-electron chi connectivity index (χ4n) is 2.82. The van der Waals surface area contributed by atoms with Gasteiger partial charge in [0.25, 0.3) is 0 Å². The molecular weight excluding hydrogens is 296 g/mol. The van der Waals surface area contributed by atoms with Crippen molar-refractivity contribution in [2.75, 3.05) is 20.1 Å². The Bertz CT molecular complexity index is 658. The van der Waals surface area contributed by atoms with Crippen LogP contribution in [-0.2, 0) is 0 Å². The first-order valence-corrected chi connectivity index (χ1v) is 7.98. The summed E-state index contributed by atoms with van der Waals surface area (Å²) in [6, 6.07) is 9.66. The Balaban J connectivity index is 2.31. The maximum Gasteiger partial charge on any atom is 0.178 e. The minimum absolute atomic E-state index is 0.171. The Labute approximate surface area is 137 Å². The Morgan fingerprint density at radius 3 is 2.45 bits per heavy atom. The van der Waals surface area contributed by atoms with Gasteiger partial charge in [-0.2, -0.15) is 0 Å². The second-order valence-corrected chi connectivity index (χ2v) is 6.19. The highest BCUT2D eigenvalue weighted by atomic mass is 35.5. The van der Waals surface area contributed by atoms with Crippen molar-refractivity contribution in [1.29, 1.82) is 0 Å². The van der Waals surface area contributed by atoms with E-state index >= 15 is 0 Å². The highest BCUT2D eigenvalue weighted by Gasteiger charge is 2.17. The van der Waals surface area contributed by atoms with Gasteiger partial charge in [-0.25, -0.2) is 0 Å². The second kappa shape index (κ2) is 7.12. The van der Waals surface area contributed by atoms with Crippen LogP contribution in [0.25, 0.3) is 5.69 Å². The molecule has 0 aliphatic carbocycles. The first-order valence-electron chi connectivity index (χ1n) is 7.60. The Hall–Kier alpha value is -1.58. The molecule has 118 valence electrons. The molecule has 0 aliphatic heterocycles. The molecule has 1 aromatic carbocycles. The molecule has 0 amide bonds. The summed E-state index contributed by atoms with van der Waals surface area (Å²) < 4.78 is 2.10. The van der Waals surface area contributed by atoms with Gasteiger partial charge in [0, 0.05) is 27.7 Å². The average Bonchev–Trinajstić information content (AvgIpc) is 2.75. The van der Waals surface area contributed by atoms with Crippen LogP contribution in [0, 0.1) is 13.8 Å². The van der Waals surface area contributed by atoms with Crippen molar-refractivity contribution in [2.45, 2.75) is 27.2 Å². The molecule has 2 rings (SSSR count). The zero-order chi connectivity index (χ0) is 16.3. The van der Waals surface area contributed by atoms with Gasteiger partial charge in [-0.05, 0) is 64.2 Å². The third-order valence-electron chi connectivity index (χ3n) is 3.84. The van der Waals surface area contributed by atoms with Crippen molar-refractivity contribution < 1.29 is 4.79 Å². The number of carbonyl (C=O) groups excluding carboxylic acids is 1. The van der Waals surface area contributed by atoms with Gasteiger partial charge < -0.3 is 4.57 Å². The van der Waals surface area contributed by atoms with E-state index in [-0.39, 0.29) is 5.78 Å². The van der Waals surface area contributed by atoms with Crippen molar-refractivity contribution >= 4 is 17.4 Å². The number of nitrogens with zero attached hydrogens (tertiary/aromatic N) is 2. The number of likely N-dealkylation sites (N-methyl/N-ethyl adjacent to an activating group) is 1. The van der Waals surface area contributed by atoms with Crippen LogP contribution >= 0.6 is 11.6 Å². The number of rotatable bonds is 6. The van der Waals surface area contributed by atoms with E-state index < -0.39 is 0 Å². The van der Waals surface area contributed by atoms with Crippen LogP contribution in [0.5, 0.6) is 0 Å². The number of hydrogen-bond donors (Lipinski definition) is 0. The van der Waals surface area contributed by atoms with E-state index in [1.807, 2.05) is 51.2 Å². The van der Waals surface area contributed by atoms with Gasteiger partial charge in [0.2, 0.25) is 0 Å². The molecule has 0 atom stereocenters. The number of halogens is 1. The summed E-state index contributed by atoms with van der Waals surface area (Å²) in [5.41, 5.74) is 3.87. The minimum atomic E-state index is 0.171. The molecule has 0 N–H and O–H groups in total. The van der Waals surface area contributed by atoms with Gasteiger partial charge in [-0.3, -0.25) is 9.69 Å². The summed E-state index contributed by atoms with van der Waals surface area (Å²) in [6.45, 7) is 7.52. The van der Waals surface area contributed by atoms with Gasteiger partial charge in [0.15, 0.2) is 5.78 Å². The molecule has 0 saturated heterocycles. The van der Waals surface area contributed by atoms with Crippen molar-refractivity contribution in [3.63, 3.8) is 0 Å². The van der Waals surface area contributed by atoms with Gasteiger partial charge in [0.1, 0.15) is 0 Å². The summed E-state index contributed by atoms with van der Waals surface area (Å²) >= 11 is 5.95. The molecule has 0 unspecified atom stereocenters. The number of aryl methyl sites for hydroxylation is 1. The Kier molecular flexibility index (Phi) is 5.43. The molecule has 3 nitrogen and oxygen atoms in total. The maximum absolute atomic E-state index is 12.5. The van der Waals surface area contributed by atoms with Crippen molar-refractivity contribution in [1.82, 2.24) is 9.47 Å². The average molecular weight is 319 g/mol. The standard InChI is InChI=1S/C18H23ClN2O/c1-5-10-20(4)12-18(22)17-11-13(2)21(14(17)3)16-8-6-15(19)7-9-16/h6-9,11H,5,10,12H2,1-4H3. The highest BCUT2D eigenvalue weighted by molar-refractivity contribution is 6.30. The van der Waals surface area contributed by atoms with E-state index in [0.29, 0.717) is 11.6 Å². The largest absolute Gasteiger partial charge is 0.318 e. The fraction of sp³-hybridized carbons (Fsp3) is 0.389. The van der Waals surface area contributed by atoms with Crippen LogP contribution in [0.4, 0.5) is 0 Å². The fourth-order valence-corrected chi connectivity index (χ4v) is 2.95. The van der Waals surface area contributed by atoms with Gasteiger partial charge in [0.05, 0.1) is 6.54 Å². The first kappa shape index (κ1) is 16.8. The molecule has 0 fully saturated rings. The third kappa shape index (κ3) is 3.60. The summed E-state index contributed by atoms with van der Waals surface area (Å²) in [5.74, 6) is 0.171. The highest BCUT2D eigenvalue weighted by Crippen LogP contribution is 2.22. The van der Waals surface area contributed by atoms with Crippen molar-refractivity contribution in [3.8, 4) is 5.69 Å². The molecule has 2 aromatic rings. The smallest absolute Gasteiger partial charge is 0.178 e. The van der Waals surface area contributed by atoms with E-state index in [4.69, 9.17) is 11.6 Å². The lowest BCUT2D eigenvalue weighted by atomic mass is 10.1. The van der Waals surface area contributed by atoms with Crippen molar-refractivity contribution in [3.05, 3.63) is 52.3 Å². The molecule has 4 heteroatoms. The number of ketones is 1. The van der Waals surface area contributed by atoms with Crippen LogP contribution in [0.3, 0.4) is 0 Å². The second-order valence-electron chi connectivity index (χ2n) is 5.76. The van der Waals surface area contributed by atoms with Gasteiger partial charge in [-0.15, -0.1) is 0 Å². The zero-order valence-electron chi connectivity index (χ0n) is 13.7. The number of carbonyl (C=O) groups is 1. The number of aromatic nitrogens is 1. The first-order chi connectivity index (χ1) is 10.4. The summed E-state index contributed by atoms with van der Waals surface area (Å²) in [7, 11) is 1.99. The van der Waals surface area contributed by atoms with E-state index in [9.17, 15) is 4.79 Å². The lowest BCUT2D eigenvalue weighted by Gasteiger charge is -2.14. The normalized spacial score (nSPS) is 11.2. The molecule has 0 aliphatic rings. The predicted octanol–water partition coefficient (Wildman–Crippen LogP) is 4.27. The van der Waals surface area contributed by atoms with Crippen LogP contribution in [0.2, 0.25) is 5.02 Å². The van der Waals surface area contributed by atoms with E-state index in [2.05, 4.69) is 16.4 Å². The van der Waals surface area contributed by atoms with E-state index in [1.54, 1.807) is 0 Å². The molecule has 1 heterocycles. The van der Waals surface area contributed by atoms with Crippen molar-refractivity contribution in [2.24, 2.45) is 0 Å². The number of Topliss-reactive ketones (excluding diaryl/α,β-unsaturated/α-hetero) is 1. The predicted molar refractivity (Wildman–Crippen MR) is 92.4 cm³/mol. The van der Waals surface area contributed by atoms with Gasteiger partial charge >= 0.3 is 0 Å². The van der Waals surface area contributed by atoms with Crippen LogP contribution in [0.1, 0.15) is 35.1 Å². The SMILES string of the molecule is CCCN(C)CC(=O)c1cc(C)n(-c2ccc(Cl)cc2)c1C. The number of hydrogen-bond acceptors (Lipinski definition) is 2. The summed E-state index contributed by atoms with van der Waals surface area (Å²) in [4.78, 5) is 14.6. The molecule has 0 radical (unpaired) electrons. The quantitative estimate of drug-likeness (QED) is 0.743. The Morgan fingerprint density at radius 2 is 1.86 bits per heavy atom. The lowest BCUT2D eigenvalue weighted by molar-refractivity contribution is 0.0946. The lowest BCUT2D eigenvalue weighted by Crippen LogP contribution is -2.26. The molecule has 0 spiro atoms. The monoisotopic (exact) mass is 318 g/mol. The molecule has 0 bridgehead atoms.